The first-order valence-corrected chi connectivity index (χ1v) is 10.7. The quantitative estimate of drug-likeness (QED) is 0.204. The fourth-order valence-corrected chi connectivity index (χ4v) is 2.97. The summed E-state index contributed by atoms with van der Waals surface area (Å²) in [4.78, 5) is 26.4. The molecule has 0 heterocycles. The van der Waals surface area contributed by atoms with Gasteiger partial charge in [0.1, 0.15) is 0 Å². The van der Waals surface area contributed by atoms with Gasteiger partial charge in [-0.1, -0.05) is 63.9 Å². The molecule has 5 nitrogen and oxygen atoms in total. The second-order valence-electron chi connectivity index (χ2n) is 7.32. The van der Waals surface area contributed by atoms with Crippen LogP contribution in [0, 0.1) is 0 Å². The summed E-state index contributed by atoms with van der Waals surface area (Å²) in [5.74, 6) is -0.264. The molecule has 0 atom stereocenters. The van der Waals surface area contributed by atoms with Crippen molar-refractivity contribution in [2.75, 3.05) is 34.3 Å². The van der Waals surface area contributed by atoms with Gasteiger partial charge in [0.25, 0.3) is 0 Å². The van der Waals surface area contributed by atoms with Crippen molar-refractivity contribution >= 4 is 12.0 Å². The summed E-state index contributed by atoms with van der Waals surface area (Å²) in [5, 5.41) is 0. The van der Waals surface area contributed by atoms with Gasteiger partial charge in [0.05, 0.1) is 7.11 Å². The monoisotopic (exact) mass is 382 g/mol. The maximum Gasteiger partial charge on any atom is 0.330 e. The van der Waals surface area contributed by atoms with Crippen molar-refractivity contribution in [2.24, 2.45) is 0 Å². The zero-order chi connectivity index (χ0) is 20.3. The van der Waals surface area contributed by atoms with E-state index in [0.29, 0.717) is 0 Å². The highest BCUT2D eigenvalue weighted by Crippen LogP contribution is 2.12. The van der Waals surface area contributed by atoms with Crippen molar-refractivity contribution < 1.29 is 14.3 Å². The van der Waals surface area contributed by atoms with Gasteiger partial charge < -0.3 is 14.5 Å². The Kier molecular flexibility index (Phi) is 16.9. The van der Waals surface area contributed by atoms with Gasteiger partial charge in [0.15, 0.2) is 0 Å². The molecule has 0 aromatic heterocycles. The third kappa shape index (κ3) is 15.3. The zero-order valence-corrected chi connectivity index (χ0v) is 18.2. The normalized spacial score (nSPS) is 11.0. The first kappa shape index (κ1) is 25.5. The lowest BCUT2D eigenvalue weighted by molar-refractivity contribution is -0.134. The molecule has 0 aliphatic carbocycles. The molecule has 0 aliphatic heterocycles. The van der Waals surface area contributed by atoms with Crippen molar-refractivity contribution in [1.82, 2.24) is 9.80 Å². The van der Waals surface area contributed by atoms with Crippen LogP contribution in [-0.2, 0) is 9.53 Å². The predicted octanol–water partition coefficient (Wildman–Crippen LogP) is 5.40. The topological polar surface area (TPSA) is 49.9 Å². The summed E-state index contributed by atoms with van der Waals surface area (Å²) in [6.07, 6.45) is 18.3. The van der Waals surface area contributed by atoms with E-state index >= 15 is 0 Å². The lowest BCUT2D eigenvalue weighted by Gasteiger charge is -2.23. The summed E-state index contributed by atoms with van der Waals surface area (Å²) in [7, 11) is 5.14. The number of methoxy groups -OCH3 is 1. The second kappa shape index (κ2) is 17.9. The maximum absolute atomic E-state index is 11.9. The van der Waals surface area contributed by atoms with E-state index in [4.69, 9.17) is 0 Å². The minimum atomic E-state index is -0.264. The van der Waals surface area contributed by atoms with E-state index in [1.54, 1.807) is 4.90 Å². The van der Waals surface area contributed by atoms with Crippen LogP contribution in [0.15, 0.2) is 12.2 Å². The van der Waals surface area contributed by atoms with Gasteiger partial charge in [-0.3, -0.25) is 0 Å². The lowest BCUT2D eigenvalue weighted by Crippen LogP contribution is -2.39. The average Bonchev–Trinajstić information content (AvgIpc) is 2.68. The number of esters is 1. The molecule has 0 saturated heterocycles. The highest BCUT2D eigenvalue weighted by Gasteiger charge is 2.11. The molecule has 0 aromatic carbocycles. The van der Waals surface area contributed by atoms with Crippen LogP contribution in [0.25, 0.3) is 0 Å². The lowest BCUT2D eigenvalue weighted by atomic mass is 10.0. The molecule has 0 bridgehead atoms. The van der Waals surface area contributed by atoms with Crippen LogP contribution in [0.5, 0.6) is 0 Å². The summed E-state index contributed by atoms with van der Waals surface area (Å²) in [6.45, 7) is 3.62. The Balaban J connectivity index is 3.31. The first-order chi connectivity index (χ1) is 13.0. The van der Waals surface area contributed by atoms with Crippen LogP contribution >= 0.6 is 0 Å². The van der Waals surface area contributed by atoms with Crippen LogP contribution < -0.4 is 0 Å². The van der Waals surface area contributed by atoms with Gasteiger partial charge in [-0.25, -0.2) is 9.59 Å². The summed E-state index contributed by atoms with van der Waals surface area (Å²) >= 11 is 0. The number of urea groups is 1. The molecule has 158 valence electrons. The largest absolute Gasteiger partial charge is 0.466 e. The molecular formula is C22H42N2O3. The molecule has 0 rings (SSSR count). The number of allylic oxidation sites excluding steroid dienone is 1. The minimum absolute atomic E-state index is 0.122. The van der Waals surface area contributed by atoms with E-state index in [-0.39, 0.29) is 12.0 Å². The fraction of sp³-hybridized carbons (Fsp3) is 0.818. The molecule has 0 aromatic rings. The molecule has 0 N–H and O–H groups in total. The van der Waals surface area contributed by atoms with Crippen molar-refractivity contribution in [3.8, 4) is 0 Å². The van der Waals surface area contributed by atoms with E-state index in [0.717, 1.165) is 32.4 Å². The summed E-state index contributed by atoms with van der Waals surface area (Å²) < 4.78 is 4.55. The molecule has 0 radical (unpaired) electrons. The molecule has 0 saturated carbocycles. The number of rotatable bonds is 16. The Morgan fingerprint density at radius 2 is 1.26 bits per heavy atom. The first-order valence-electron chi connectivity index (χ1n) is 10.7. The smallest absolute Gasteiger partial charge is 0.330 e. The van der Waals surface area contributed by atoms with Crippen LogP contribution in [0.3, 0.4) is 0 Å². The predicted molar refractivity (Wildman–Crippen MR) is 113 cm³/mol. The average molecular weight is 383 g/mol. The van der Waals surface area contributed by atoms with Crippen molar-refractivity contribution in [3.63, 3.8) is 0 Å². The maximum atomic E-state index is 11.9. The van der Waals surface area contributed by atoms with Crippen molar-refractivity contribution in [2.45, 2.75) is 84.0 Å². The molecular weight excluding hydrogens is 340 g/mol. The van der Waals surface area contributed by atoms with Gasteiger partial charge in [0, 0.05) is 33.3 Å². The Morgan fingerprint density at radius 1 is 0.778 bits per heavy atom. The third-order valence-corrected chi connectivity index (χ3v) is 4.95. The van der Waals surface area contributed by atoms with Crippen LogP contribution in [0.4, 0.5) is 4.79 Å². The number of hydrogen-bond acceptors (Lipinski definition) is 3. The van der Waals surface area contributed by atoms with E-state index in [1.807, 2.05) is 32.0 Å². The number of carbonyl (C=O) groups excluding carboxylic acids is 2. The Labute approximate surface area is 167 Å². The molecule has 0 spiro atoms. The SMILES string of the molecule is CCN(C)C(=O)N(C)CCCCCCCCCCCCCC=CC(=O)OC. The van der Waals surface area contributed by atoms with E-state index in [2.05, 4.69) is 4.74 Å². The van der Waals surface area contributed by atoms with Crippen molar-refractivity contribution in [1.29, 1.82) is 0 Å². The Morgan fingerprint density at radius 3 is 1.74 bits per heavy atom. The summed E-state index contributed by atoms with van der Waals surface area (Å²) in [6, 6.07) is 0.122. The third-order valence-electron chi connectivity index (χ3n) is 4.95. The standard InChI is InChI=1S/C22H42N2O3/c1-5-23(2)22(26)24(3)20-18-16-14-12-10-8-6-7-9-11-13-15-17-19-21(25)27-4/h17,19H,5-16,18,20H2,1-4H3. The van der Waals surface area contributed by atoms with Gasteiger partial charge in [0.2, 0.25) is 0 Å². The van der Waals surface area contributed by atoms with Crippen molar-refractivity contribution in [3.05, 3.63) is 12.2 Å². The molecule has 0 aliphatic rings. The molecule has 27 heavy (non-hydrogen) atoms. The van der Waals surface area contributed by atoms with Gasteiger partial charge in [-0.05, 0) is 26.2 Å². The van der Waals surface area contributed by atoms with E-state index < -0.39 is 0 Å². The molecule has 0 fully saturated rings. The number of amides is 2. The number of unbranched alkanes of at least 4 members (excludes halogenated alkanes) is 11. The summed E-state index contributed by atoms with van der Waals surface area (Å²) in [5.41, 5.74) is 0. The number of hydrogen-bond donors (Lipinski definition) is 0. The van der Waals surface area contributed by atoms with E-state index in [1.165, 1.54) is 71.0 Å². The molecule has 5 heteroatoms. The van der Waals surface area contributed by atoms with Gasteiger partial charge >= 0.3 is 12.0 Å². The Bertz CT molecular complexity index is 410. The van der Waals surface area contributed by atoms with Crippen LogP contribution in [0.2, 0.25) is 0 Å². The number of nitrogens with zero attached hydrogens (tertiary/aromatic N) is 2. The van der Waals surface area contributed by atoms with Gasteiger partial charge in [-0.2, -0.15) is 0 Å². The minimum Gasteiger partial charge on any atom is -0.466 e. The van der Waals surface area contributed by atoms with Crippen LogP contribution in [-0.4, -0.2) is 56.1 Å². The molecule has 2 amide bonds. The zero-order valence-electron chi connectivity index (χ0n) is 18.2. The second-order valence-corrected chi connectivity index (χ2v) is 7.32. The number of ether oxygens (including phenoxy) is 1. The van der Waals surface area contributed by atoms with Crippen LogP contribution in [0.1, 0.15) is 84.0 Å². The highest BCUT2D eigenvalue weighted by atomic mass is 16.5. The Hall–Kier alpha value is -1.52. The van der Waals surface area contributed by atoms with Gasteiger partial charge in [-0.15, -0.1) is 0 Å². The highest BCUT2D eigenvalue weighted by molar-refractivity contribution is 5.81. The molecule has 0 unspecified atom stereocenters. The van der Waals surface area contributed by atoms with E-state index in [9.17, 15) is 9.59 Å². The number of carbonyl (C=O) groups is 2. The fourth-order valence-electron chi connectivity index (χ4n) is 2.97.